The molecule has 5 saturated carbocycles. The summed E-state index contributed by atoms with van der Waals surface area (Å²) in [6, 6.07) is 0. The third kappa shape index (κ3) is 2.10. The predicted molar refractivity (Wildman–Crippen MR) is 72.4 cm³/mol. The van der Waals surface area contributed by atoms with Gasteiger partial charge >= 0.3 is 0 Å². The number of carbonyl (C=O) groups excluding carboxylic acids is 1. The fourth-order valence-corrected chi connectivity index (χ4v) is 5.66. The topological polar surface area (TPSA) is 49.3 Å². The maximum Gasteiger partial charge on any atom is 0.221 e. The molecule has 3 nitrogen and oxygen atoms in total. The molecule has 0 atom stereocenters. The van der Waals surface area contributed by atoms with Crippen LogP contribution in [0.5, 0.6) is 0 Å². The highest BCUT2D eigenvalue weighted by atomic mass is 16.3. The van der Waals surface area contributed by atoms with Crippen LogP contribution in [0.3, 0.4) is 0 Å². The van der Waals surface area contributed by atoms with Crippen molar-refractivity contribution in [3.05, 3.63) is 0 Å². The Bertz CT molecular complexity index is 364. The van der Waals surface area contributed by atoms with Gasteiger partial charge in [0.25, 0.3) is 0 Å². The van der Waals surface area contributed by atoms with Crippen LogP contribution in [-0.2, 0) is 4.79 Å². The number of nitrogens with one attached hydrogen (secondary N) is 1. The lowest BCUT2D eigenvalue weighted by Crippen LogP contribution is -2.49. The summed E-state index contributed by atoms with van der Waals surface area (Å²) < 4.78 is 0. The van der Waals surface area contributed by atoms with Gasteiger partial charge in [0.15, 0.2) is 0 Å². The lowest BCUT2D eigenvalue weighted by atomic mass is 9.49. The largest absolute Gasteiger partial charge is 0.394 e. The molecule has 0 aromatic heterocycles. The summed E-state index contributed by atoms with van der Waals surface area (Å²) in [4.78, 5) is 12.3. The van der Waals surface area contributed by atoms with Gasteiger partial charge in [0, 0.05) is 6.42 Å². The van der Waals surface area contributed by atoms with Gasteiger partial charge in [0.2, 0.25) is 5.91 Å². The van der Waals surface area contributed by atoms with E-state index in [0.29, 0.717) is 5.41 Å². The van der Waals surface area contributed by atoms with E-state index < -0.39 is 0 Å². The molecule has 3 heteroatoms. The lowest BCUT2D eigenvalue weighted by Gasteiger charge is -2.56. The molecule has 0 heterocycles. The highest BCUT2D eigenvalue weighted by Crippen LogP contribution is 2.61. The molecule has 19 heavy (non-hydrogen) atoms. The van der Waals surface area contributed by atoms with Gasteiger partial charge < -0.3 is 10.4 Å². The Balaban J connectivity index is 1.43. The molecule has 5 fully saturated rings. The number of aliphatic hydroxyl groups is 1. The van der Waals surface area contributed by atoms with Crippen LogP contribution >= 0.6 is 0 Å². The van der Waals surface area contributed by atoms with Crippen LogP contribution in [0.4, 0.5) is 0 Å². The Morgan fingerprint density at radius 1 is 1.05 bits per heavy atom. The molecule has 0 aliphatic heterocycles. The maximum atomic E-state index is 12.3. The minimum atomic E-state index is -0.237. The zero-order valence-electron chi connectivity index (χ0n) is 11.7. The average molecular weight is 263 g/mol. The standard InChI is InChI=1S/C16H25NO2/c18-10-16(1-2-16)17-14(19)9-15-6-11-3-12(7-15)5-13(4-11)8-15/h11-13,18H,1-10H2,(H,17,19). The second-order valence-corrected chi connectivity index (χ2v) is 8.08. The van der Waals surface area contributed by atoms with Gasteiger partial charge in [0.05, 0.1) is 12.1 Å². The molecular weight excluding hydrogens is 238 g/mol. The molecule has 0 spiro atoms. The number of carbonyl (C=O) groups is 1. The van der Waals surface area contributed by atoms with Crippen LogP contribution in [-0.4, -0.2) is 23.2 Å². The van der Waals surface area contributed by atoms with E-state index in [1.54, 1.807) is 0 Å². The van der Waals surface area contributed by atoms with Crippen molar-refractivity contribution in [3.63, 3.8) is 0 Å². The van der Waals surface area contributed by atoms with Crippen molar-refractivity contribution in [2.75, 3.05) is 6.61 Å². The third-order valence-electron chi connectivity index (χ3n) is 6.26. The first-order chi connectivity index (χ1) is 9.10. The van der Waals surface area contributed by atoms with Crippen molar-refractivity contribution in [3.8, 4) is 0 Å². The van der Waals surface area contributed by atoms with E-state index in [9.17, 15) is 9.90 Å². The smallest absolute Gasteiger partial charge is 0.221 e. The van der Waals surface area contributed by atoms with Crippen molar-refractivity contribution in [1.82, 2.24) is 5.32 Å². The van der Waals surface area contributed by atoms with E-state index in [1.807, 2.05) is 0 Å². The number of hydrogen-bond donors (Lipinski definition) is 2. The normalized spacial score (nSPS) is 45.2. The van der Waals surface area contributed by atoms with Crippen LogP contribution in [0, 0.1) is 23.2 Å². The molecule has 0 saturated heterocycles. The monoisotopic (exact) mass is 263 g/mol. The van der Waals surface area contributed by atoms with E-state index in [4.69, 9.17) is 0 Å². The highest BCUT2D eigenvalue weighted by Gasteiger charge is 2.52. The molecule has 4 bridgehead atoms. The van der Waals surface area contributed by atoms with Crippen LogP contribution in [0.2, 0.25) is 0 Å². The Morgan fingerprint density at radius 3 is 2.00 bits per heavy atom. The van der Waals surface area contributed by atoms with E-state index in [0.717, 1.165) is 37.0 Å². The summed E-state index contributed by atoms with van der Waals surface area (Å²) in [5, 5.41) is 12.4. The van der Waals surface area contributed by atoms with E-state index in [1.165, 1.54) is 38.5 Å². The van der Waals surface area contributed by atoms with Crippen molar-refractivity contribution in [2.24, 2.45) is 23.2 Å². The maximum absolute atomic E-state index is 12.3. The van der Waals surface area contributed by atoms with Crippen molar-refractivity contribution in [2.45, 2.75) is 63.3 Å². The summed E-state index contributed by atoms with van der Waals surface area (Å²) in [5.74, 6) is 2.93. The molecule has 5 aliphatic carbocycles. The average Bonchev–Trinajstić information content (AvgIpc) is 3.06. The molecule has 1 amide bonds. The van der Waals surface area contributed by atoms with Crippen molar-refractivity contribution in [1.29, 1.82) is 0 Å². The molecule has 0 unspecified atom stereocenters. The molecule has 2 N–H and O–H groups in total. The third-order valence-corrected chi connectivity index (χ3v) is 6.26. The number of hydrogen-bond acceptors (Lipinski definition) is 2. The van der Waals surface area contributed by atoms with E-state index in [2.05, 4.69) is 5.32 Å². The van der Waals surface area contributed by atoms with E-state index >= 15 is 0 Å². The second kappa shape index (κ2) is 3.97. The van der Waals surface area contributed by atoms with Gasteiger partial charge in [-0.05, 0) is 74.5 Å². The summed E-state index contributed by atoms with van der Waals surface area (Å²) in [7, 11) is 0. The van der Waals surface area contributed by atoms with Gasteiger partial charge in [-0.25, -0.2) is 0 Å². The van der Waals surface area contributed by atoms with Crippen LogP contribution < -0.4 is 5.32 Å². The molecular formula is C16H25NO2. The predicted octanol–water partition coefficient (Wildman–Crippen LogP) is 2.23. The summed E-state index contributed by atoms with van der Waals surface area (Å²) >= 11 is 0. The minimum Gasteiger partial charge on any atom is -0.394 e. The minimum absolute atomic E-state index is 0.111. The fraction of sp³-hybridized carbons (Fsp3) is 0.938. The van der Waals surface area contributed by atoms with Crippen LogP contribution in [0.25, 0.3) is 0 Å². The Labute approximate surface area is 115 Å². The summed E-state index contributed by atoms with van der Waals surface area (Å²) in [5.41, 5.74) is 0.0871. The van der Waals surface area contributed by atoms with Gasteiger partial charge in [-0.15, -0.1) is 0 Å². The van der Waals surface area contributed by atoms with Gasteiger partial charge in [-0.1, -0.05) is 0 Å². The van der Waals surface area contributed by atoms with Crippen LogP contribution in [0.15, 0.2) is 0 Å². The fourth-order valence-electron chi connectivity index (χ4n) is 5.66. The first-order valence-corrected chi connectivity index (χ1v) is 8.02. The van der Waals surface area contributed by atoms with E-state index in [-0.39, 0.29) is 18.1 Å². The molecule has 5 aliphatic rings. The van der Waals surface area contributed by atoms with Gasteiger partial charge in [0.1, 0.15) is 0 Å². The molecule has 106 valence electrons. The van der Waals surface area contributed by atoms with Crippen LogP contribution in [0.1, 0.15) is 57.8 Å². The quantitative estimate of drug-likeness (QED) is 0.817. The van der Waals surface area contributed by atoms with Gasteiger partial charge in [-0.2, -0.15) is 0 Å². The van der Waals surface area contributed by atoms with Crippen molar-refractivity contribution < 1.29 is 9.90 Å². The number of amides is 1. The Hall–Kier alpha value is -0.570. The Kier molecular flexibility index (Phi) is 2.55. The molecule has 0 aromatic rings. The zero-order valence-corrected chi connectivity index (χ0v) is 11.7. The first kappa shape index (κ1) is 12.2. The number of aliphatic hydroxyl groups excluding tert-OH is 1. The molecule has 5 rings (SSSR count). The highest BCUT2D eigenvalue weighted by molar-refractivity contribution is 5.78. The molecule has 0 radical (unpaired) electrons. The molecule has 0 aromatic carbocycles. The SMILES string of the molecule is O=C(CC12CC3CC(CC(C3)C1)C2)NC1(CO)CC1. The first-order valence-electron chi connectivity index (χ1n) is 8.02. The Morgan fingerprint density at radius 2 is 1.58 bits per heavy atom. The lowest BCUT2D eigenvalue weighted by molar-refractivity contribution is -0.130. The summed E-state index contributed by atoms with van der Waals surface area (Å²) in [6.45, 7) is 0.111. The van der Waals surface area contributed by atoms with Gasteiger partial charge in [-0.3, -0.25) is 4.79 Å². The zero-order chi connectivity index (χ0) is 13.1. The van der Waals surface area contributed by atoms with Crippen molar-refractivity contribution >= 4 is 5.91 Å². The number of rotatable bonds is 4. The summed E-state index contributed by atoms with van der Waals surface area (Å²) in [6.07, 6.45) is 10.8. The second-order valence-electron chi connectivity index (χ2n) is 8.08.